The molecule has 0 amide bonds. The van der Waals surface area contributed by atoms with Gasteiger partial charge in [-0.05, 0) is 62.6 Å². The predicted octanol–water partition coefficient (Wildman–Crippen LogP) is 12.5. The largest absolute Gasteiger partial charge is 0.455 e. The van der Waals surface area contributed by atoms with E-state index < -0.39 is 0 Å². The van der Waals surface area contributed by atoms with E-state index in [1.54, 1.807) is 0 Å². The fraction of sp³-hybridized carbons (Fsp3) is 0. The van der Waals surface area contributed by atoms with E-state index in [0.29, 0.717) is 0 Å². The molecule has 0 spiro atoms. The van der Waals surface area contributed by atoms with Gasteiger partial charge < -0.3 is 8.98 Å². The molecule has 0 bridgehead atoms. The molecule has 3 heteroatoms. The molecule has 0 aliphatic heterocycles. The minimum atomic E-state index is 0.921. The Bertz CT molecular complexity index is 2980. The Labute approximate surface area is 260 Å². The van der Waals surface area contributed by atoms with Crippen molar-refractivity contribution in [1.82, 2.24) is 4.57 Å². The summed E-state index contributed by atoms with van der Waals surface area (Å²) in [6.45, 7) is 0. The molecule has 3 heterocycles. The molecule has 0 N–H and O–H groups in total. The quantitative estimate of drug-likeness (QED) is 0.174. The molecule has 0 radical (unpaired) electrons. The van der Waals surface area contributed by atoms with E-state index in [0.717, 1.165) is 22.2 Å². The number of benzene rings is 8. The van der Waals surface area contributed by atoms with Gasteiger partial charge in [0.25, 0.3) is 0 Å². The van der Waals surface area contributed by atoms with Crippen LogP contribution in [0.3, 0.4) is 0 Å². The van der Waals surface area contributed by atoms with Crippen LogP contribution in [0.2, 0.25) is 0 Å². The third-order valence-corrected chi connectivity index (χ3v) is 10.9. The molecule has 0 aliphatic carbocycles. The molecule has 3 aromatic heterocycles. The van der Waals surface area contributed by atoms with Gasteiger partial charge in [-0.15, -0.1) is 11.3 Å². The Balaban J connectivity index is 1.40. The lowest BCUT2D eigenvalue weighted by molar-refractivity contribution is 0.673. The molecule has 0 fully saturated rings. The minimum Gasteiger partial charge on any atom is -0.455 e. The van der Waals surface area contributed by atoms with Gasteiger partial charge in [-0.25, -0.2) is 0 Å². The van der Waals surface area contributed by atoms with Crippen LogP contribution in [0.15, 0.2) is 144 Å². The fourth-order valence-corrected chi connectivity index (χ4v) is 9.17. The number of hydrogen-bond acceptors (Lipinski definition) is 2. The number of fused-ring (bicyclic) bond motifs is 18. The van der Waals surface area contributed by atoms with Gasteiger partial charge in [-0.1, -0.05) is 109 Å². The molecule has 11 rings (SSSR count). The maximum Gasteiger partial charge on any atom is 0.146 e. The summed E-state index contributed by atoms with van der Waals surface area (Å²) in [4.78, 5) is 0. The highest BCUT2D eigenvalue weighted by molar-refractivity contribution is 7.27. The van der Waals surface area contributed by atoms with Gasteiger partial charge in [0.05, 0.1) is 16.4 Å². The van der Waals surface area contributed by atoms with Gasteiger partial charge in [0.15, 0.2) is 0 Å². The molecule has 0 saturated carbocycles. The standard InChI is InChI=1S/C42H23NOS/c1-2-13-27-25(11-1)26-12-3-4-14-28(26)33-23-24(21-22-29(27)33)43-34-18-8-5-15-30(34)38-40(43)37-31-16-6-9-19-35(31)44-41(37)39-32-17-7-10-20-36(32)45-42(38)39/h1-23H. The van der Waals surface area contributed by atoms with Crippen molar-refractivity contribution >= 4 is 108 Å². The summed E-state index contributed by atoms with van der Waals surface area (Å²) < 4.78 is 11.8. The molecule has 11 aromatic rings. The zero-order valence-electron chi connectivity index (χ0n) is 24.0. The number of furan rings is 1. The minimum absolute atomic E-state index is 0.921. The second-order valence-electron chi connectivity index (χ2n) is 12.0. The third-order valence-electron chi connectivity index (χ3n) is 9.74. The summed E-state index contributed by atoms with van der Waals surface area (Å²) in [6.07, 6.45) is 0. The van der Waals surface area contributed by atoms with Crippen LogP contribution in [0, 0.1) is 0 Å². The number of aromatic nitrogens is 1. The number of thiophene rings is 1. The fourth-order valence-electron chi connectivity index (χ4n) is 7.91. The average molecular weight is 590 g/mol. The van der Waals surface area contributed by atoms with Crippen molar-refractivity contribution in [2.75, 3.05) is 0 Å². The Morgan fingerprint density at radius 2 is 1.02 bits per heavy atom. The number of nitrogens with zero attached hydrogens (tertiary/aromatic N) is 1. The van der Waals surface area contributed by atoms with Crippen LogP contribution < -0.4 is 0 Å². The topological polar surface area (TPSA) is 18.1 Å². The van der Waals surface area contributed by atoms with Crippen molar-refractivity contribution in [3.63, 3.8) is 0 Å². The van der Waals surface area contributed by atoms with Crippen molar-refractivity contribution in [2.24, 2.45) is 0 Å². The van der Waals surface area contributed by atoms with Crippen molar-refractivity contribution in [2.45, 2.75) is 0 Å². The predicted molar refractivity (Wildman–Crippen MR) is 193 cm³/mol. The molecule has 208 valence electrons. The average Bonchev–Trinajstić information content (AvgIpc) is 3.78. The van der Waals surface area contributed by atoms with Crippen molar-refractivity contribution in [1.29, 1.82) is 0 Å². The van der Waals surface area contributed by atoms with Gasteiger partial charge in [0.2, 0.25) is 0 Å². The Hall–Kier alpha value is -5.64. The summed E-state index contributed by atoms with van der Waals surface area (Å²) in [7, 11) is 0. The lowest BCUT2D eigenvalue weighted by atomic mass is 9.94. The molecule has 45 heavy (non-hydrogen) atoms. The van der Waals surface area contributed by atoms with Crippen LogP contribution in [-0.4, -0.2) is 4.57 Å². The van der Waals surface area contributed by atoms with Crippen molar-refractivity contribution < 1.29 is 4.42 Å². The molecule has 8 aromatic carbocycles. The third kappa shape index (κ3) is 2.98. The summed E-state index contributed by atoms with van der Waals surface area (Å²) in [5.74, 6) is 0. The van der Waals surface area contributed by atoms with Crippen LogP contribution in [0.4, 0.5) is 0 Å². The van der Waals surface area contributed by atoms with Crippen LogP contribution >= 0.6 is 11.3 Å². The Morgan fingerprint density at radius 3 is 1.78 bits per heavy atom. The number of rotatable bonds is 1. The van der Waals surface area contributed by atoms with Gasteiger partial charge in [-0.3, -0.25) is 0 Å². The lowest BCUT2D eigenvalue weighted by Gasteiger charge is -2.14. The molecule has 0 aliphatic rings. The molecule has 0 unspecified atom stereocenters. The van der Waals surface area contributed by atoms with Crippen LogP contribution in [0.1, 0.15) is 0 Å². The first-order valence-electron chi connectivity index (χ1n) is 15.4. The summed E-state index contributed by atoms with van der Waals surface area (Å²) in [5, 5.41) is 15.0. The molecule has 2 nitrogen and oxygen atoms in total. The van der Waals surface area contributed by atoms with E-state index in [9.17, 15) is 0 Å². The normalized spacial score (nSPS) is 12.4. The van der Waals surface area contributed by atoms with Gasteiger partial charge in [0, 0.05) is 42.0 Å². The maximum atomic E-state index is 6.80. The Morgan fingerprint density at radius 1 is 0.444 bits per heavy atom. The summed E-state index contributed by atoms with van der Waals surface area (Å²) >= 11 is 1.87. The van der Waals surface area contributed by atoms with E-state index in [1.165, 1.54) is 79.7 Å². The van der Waals surface area contributed by atoms with Crippen molar-refractivity contribution in [3.05, 3.63) is 140 Å². The second-order valence-corrected chi connectivity index (χ2v) is 13.1. The van der Waals surface area contributed by atoms with Gasteiger partial charge in [-0.2, -0.15) is 0 Å². The molecule has 0 atom stereocenters. The molecule has 0 saturated heterocycles. The number of para-hydroxylation sites is 2. The SMILES string of the molecule is c1ccc2c(c1)oc1c3c4ccccc4sc3c3c4ccccc4n(-c4ccc5c6ccccc6c6ccccc6c5c4)c3c21. The molecular weight excluding hydrogens is 567 g/mol. The highest BCUT2D eigenvalue weighted by Gasteiger charge is 2.25. The van der Waals surface area contributed by atoms with Crippen LogP contribution in [-0.2, 0) is 0 Å². The van der Waals surface area contributed by atoms with Crippen molar-refractivity contribution in [3.8, 4) is 5.69 Å². The zero-order chi connectivity index (χ0) is 29.2. The summed E-state index contributed by atoms with van der Waals surface area (Å²) in [5.41, 5.74) is 5.45. The van der Waals surface area contributed by atoms with Crippen LogP contribution in [0.25, 0.3) is 102 Å². The zero-order valence-corrected chi connectivity index (χ0v) is 24.9. The maximum absolute atomic E-state index is 6.80. The van der Waals surface area contributed by atoms with Gasteiger partial charge in [0.1, 0.15) is 11.2 Å². The summed E-state index contributed by atoms with van der Waals surface area (Å²) in [6, 6.07) is 50.8. The first kappa shape index (κ1) is 23.8. The highest BCUT2D eigenvalue weighted by Crippen LogP contribution is 2.50. The second kappa shape index (κ2) is 8.50. The van der Waals surface area contributed by atoms with E-state index in [1.807, 2.05) is 11.3 Å². The monoisotopic (exact) mass is 589 g/mol. The van der Waals surface area contributed by atoms with E-state index >= 15 is 0 Å². The first-order valence-corrected chi connectivity index (χ1v) is 16.2. The smallest absolute Gasteiger partial charge is 0.146 e. The van der Waals surface area contributed by atoms with E-state index in [2.05, 4.69) is 144 Å². The molecular formula is C42H23NOS. The van der Waals surface area contributed by atoms with Gasteiger partial charge >= 0.3 is 0 Å². The van der Waals surface area contributed by atoms with Crippen LogP contribution in [0.5, 0.6) is 0 Å². The van der Waals surface area contributed by atoms with E-state index in [-0.39, 0.29) is 0 Å². The first-order chi connectivity index (χ1) is 22.3. The van der Waals surface area contributed by atoms with E-state index in [4.69, 9.17) is 4.42 Å². The highest BCUT2D eigenvalue weighted by atomic mass is 32.1. The lowest BCUT2D eigenvalue weighted by Crippen LogP contribution is -1.95. The Kier molecular flexibility index (Phi) is 4.49. The number of hydrogen-bond donors (Lipinski definition) is 0.